The molecule has 0 atom stereocenters. The molecule has 16 heavy (non-hydrogen) atoms. The third-order valence-corrected chi connectivity index (χ3v) is 3.55. The summed E-state index contributed by atoms with van der Waals surface area (Å²) >= 11 is 0. The largest absolute Gasteiger partial charge is 0.345 e. The first-order valence-electron chi connectivity index (χ1n) is 6.06. The number of hydrogen-bond acceptors (Lipinski definition) is 1. The predicted octanol–water partition coefficient (Wildman–Crippen LogP) is 2.62. The van der Waals surface area contributed by atoms with Gasteiger partial charge in [0.1, 0.15) is 0 Å². The smallest absolute Gasteiger partial charge is 0.0515 e. The van der Waals surface area contributed by atoms with Crippen molar-refractivity contribution in [1.82, 2.24) is 9.88 Å². The molecule has 0 unspecified atom stereocenters. The Hall–Kier alpha value is -1.28. The molecule has 2 heterocycles. The molecule has 0 bridgehead atoms. The number of rotatable bonds is 2. The van der Waals surface area contributed by atoms with Crippen molar-refractivity contribution in [2.45, 2.75) is 32.9 Å². The van der Waals surface area contributed by atoms with E-state index < -0.39 is 0 Å². The highest BCUT2D eigenvalue weighted by Crippen LogP contribution is 2.29. The van der Waals surface area contributed by atoms with Crippen molar-refractivity contribution in [3.05, 3.63) is 35.0 Å². The lowest BCUT2D eigenvalue weighted by Gasteiger charge is -2.18. The lowest BCUT2D eigenvalue weighted by atomic mass is 10.0. The first kappa shape index (κ1) is 9.91. The Kier molecular flexibility index (Phi) is 2.25. The number of benzene rings is 1. The van der Waals surface area contributed by atoms with Gasteiger partial charge in [-0.25, -0.2) is 0 Å². The molecule has 0 amide bonds. The van der Waals surface area contributed by atoms with Crippen molar-refractivity contribution in [3.63, 3.8) is 0 Å². The molecule has 2 aromatic rings. The van der Waals surface area contributed by atoms with Gasteiger partial charge >= 0.3 is 0 Å². The minimum atomic E-state index is 0.965. The predicted molar refractivity (Wildman–Crippen MR) is 67.8 cm³/mol. The van der Waals surface area contributed by atoms with Gasteiger partial charge in [-0.05, 0) is 50.1 Å². The normalized spacial score (nSPS) is 14.6. The summed E-state index contributed by atoms with van der Waals surface area (Å²) in [6.07, 6.45) is 2.51. The van der Waals surface area contributed by atoms with Crippen LogP contribution in [0.25, 0.3) is 10.9 Å². The van der Waals surface area contributed by atoms with Crippen LogP contribution in [0.3, 0.4) is 0 Å². The Bertz CT molecular complexity index is 537. The van der Waals surface area contributed by atoms with Gasteiger partial charge in [-0.15, -0.1) is 0 Å². The fourth-order valence-corrected chi connectivity index (χ4v) is 2.92. The summed E-state index contributed by atoms with van der Waals surface area (Å²) in [5.74, 6) is 0. The molecule has 1 N–H and O–H groups in total. The molecule has 2 heteroatoms. The van der Waals surface area contributed by atoms with Crippen LogP contribution in [0, 0.1) is 6.92 Å². The van der Waals surface area contributed by atoms with E-state index in [1.165, 1.54) is 47.1 Å². The van der Waals surface area contributed by atoms with Gasteiger partial charge in [0.25, 0.3) is 0 Å². The molecule has 1 aromatic heterocycles. The molecule has 0 spiro atoms. The van der Waals surface area contributed by atoms with Crippen molar-refractivity contribution in [2.24, 2.45) is 0 Å². The van der Waals surface area contributed by atoms with Crippen molar-refractivity contribution < 1.29 is 0 Å². The second-order valence-corrected chi connectivity index (χ2v) is 4.76. The standard InChI is InChI=1S/C14H18N2/c1-10-6-13-8-11(9-15-2)7-12-4-3-5-16(10)14(12)13/h6-8,15H,3-5,9H2,1-2H3. The fraction of sp³-hybridized carbons (Fsp3) is 0.429. The second kappa shape index (κ2) is 3.63. The van der Waals surface area contributed by atoms with Crippen LogP contribution in [0.4, 0.5) is 0 Å². The Labute approximate surface area is 96.3 Å². The van der Waals surface area contributed by atoms with Crippen molar-refractivity contribution in [1.29, 1.82) is 0 Å². The quantitative estimate of drug-likeness (QED) is 0.813. The zero-order chi connectivity index (χ0) is 11.1. The fourth-order valence-electron chi connectivity index (χ4n) is 2.92. The van der Waals surface area contributed by atoms with E-state index in [1.54, 1.807) is 0 Å². The zero-order valence-electron chi connectivity index (χ0n) is 10.0. The molecule has 3 rings (SSSR count). The maximum atomic E-state index is 3.23. The highest BCUT2D eigenvalue weighted by atomic mass is 15.0. The maximum absolute atomic E-state index is 3.23. The minimum Gasteiger partial charge on any atom is -0.345 e. The Balaban J connectivity index is 2.26. The average Bonchev–Trinajstić information content (AvgIpc) is 2.58. The van der Waals surface area contributed by atoms with E-state index in [1.807, 2.05) is 7.05 Å². The summed E-state index contributed by atoms with van der Waals surface area (Å²) in [6, 6.07) is 7.02. The van der Waals surface area contributed by atoms with Crippen molar-refractivity contribution in [3.8, 4) is 0 Å². The number of nitrogens with one attached hydrogen (secondary N) is 1. The monoisotopic (exact) mass is 214 g/mol. The summed E-state index contributed by atoms with van der Waals surface area (Å²) in [7, 11) is 2.01. The van der Waals surface area contributed by atoms with Crippen molar-refractivity contribution >= 4 is 10.9 Å². The molecule has 0 aliphatic carbocycles. The van der Waals surface area contributed by atoms with Crippen LogP contribution in [0.5, 0.6) is 0 Å². The Morgan fingerprint density at radius 1 is 1.31 bits per heavy atom. The highest BCUT2D eigenvalue weighted by Gasteiger charge is 2.15. The number of hydrogen-bond donors (Lipinski definition) is 1. The average molecular weight is 214 g/mol. The summed E-state index contributed by atoms with van der Waals surface area (Å²) < 4.78 is 2.47. The molecule has 1 aromatic carbocycles. The molecular formula is C14H18N2. The van der Waals surface area contributed by atoms with Crippen LogP contribution in [-0.2, 0) is 19.5 Å². The van der Waals surface area contributed by atoms with E-state index in [-0.39, 0.29) is 0 Å². The third-order valence-electron chi connectivity index (χ3n) is 3.55. The van der Waals surface area contributed by atoms with Crippen LogP contribution in [0.1, 0.15) is 23.2 Å². The summed E-state index contributed by atoms with van der Waals surface area (Å²) in [4.78, 5) is 0. The van der Waals surface area contributed by atoms with E-state index in [2.05, 4.69) is 35.0 Å². The summed E-state index contributed by atoms with van der Waals surface area (Å²) in [5, 5.41) is 4.65. The van der Waals surface area contributed by atoms with E-state index >= 15 is 0 Å². The van der Waals surface area contributed by atoms with E-state index in [4.69, 9.17) is 0 Å². The topological polar surface area (TPSA) is 17.0 Å². The molecule has 0 fully saturated rings. The van der Waals surface area contributed by atoms with Gasteiger partial charge in [-0.2, -0.15) is 0 Å². The number of aromatic nitrogens is 1. The number of aryl methyl sites for hydroxylation is 3. The second-order valence-electron chi connectivity index (χ2n) is 4.76. The van der Waals surface area contributed by atoms with Gasteiger partial charge in [-0.1, -0.05) is 6.07 Å². The van der Waals surface area contributed by atoms with Crippen LogP contribution < -0.4 is 5.32 Å². The molecular weight excluding hydrogens is 196 g/mol. The summed E-state index contributed by atoms with van der Waals surface area (Å²) in [5.41, 5.74) is 5.81. The lowest BCUT2D eigenvalue weighted by Crippen LogP contribution is -2.10. The van der Waals surface area contributed by atoms with E-state index in [0.29, 0.717) is 0 Å². The van der Waals surface area contributed by atoms with Gasteiger partial charge in [0.15, 0.2) is 0 Å². The molecule has 1 aliphatic heterocycles. The lowest BCUT2D eigenvalue weighted by molar-refractivity contribution is 0.622. The number of nitrogens with zero attached hydrogens (tertiary/aromatic N) is 1. The zero-order valence-corrected chi connectivity index (χ0v) is 10.0. The molecule has 2 nitrogen and oxygen atoms in total. The van der Waals surface area contributed by atoms with Gasteiger partial charge in [-0.3, -0.25) is 0 Å². The van der Waals surface area contributed by atoms with Crippen LogP contribution in [-0.4, -0.2) is 11.6 Å². The first-order chi connectivity index (χ1) is 7.79. The van der Waals surface area contributed by atoms with Crippen LogP contribution in [0.2, 0.25) is 0 Å². The highest BCUT2D eigenvalue weighted by molar-refractivity contribution is 5.85. The SMILES string of the molecule is CNCc1cc2c3c(c1)cc(C)n3CCC2. The van der Waals surface area contributed by atoms with Crippen LogP contribution in [0.15, 0.2) is 18.2 Å². The third kappa shape index (κ3) is 1.37. The van der Waals surface area contributed by atoms with Gasteiger partial charge in [0.2, 0.25) is 0 Å². The Morgan fingerprint density at radius 2 is 2.19 bits per heavy atom. The molecule has 0 radical (unpaired) electrons. The molecule has 0 saturated heterocycles. The molecule has 0 saturated carbocycles. The van der Waals surface area contributed by atoms with E-state index in [0.717, 1.165) is 6.54 Å². The summed E-state index contributed by atoms with van der Waals surface area (Å²) in [6.45, 7) is 4.37. The minimum absolute atomic E-state index is 0.965. The first-order valence-corrected chi connectivity index (χ1v) is 6.06. The molecule has 1 aliphatic rings. The Morgan fingerprint density at radius 3 is 3.00 bits per heavy atom. The van der Waals surface area contributed by atoms with Gasteiger partial charge in [0, 0.05) is 24.2 Å². The van der Waals surface area contributed by atoms with Gasteiger partial charge < -0.3 is 9.88 Å². The molecule has 84 valence electrons. The maximum Gasteiger partial charge on any atom is 0.0515 e. The van der Waals surface area contributed by atoms with Gasteiger partial charge in [0.05, 0.1) is 5.52 Å². The van der Waals surface area contributed by atoms with E-state index in [9.17, 15) is 0 Å². The van der Waals surface area contributed by atoms with Crippen molar-refractivity contribution in [2.75, 3.05) is 7.05 Å². The van der Waals surface area contributed by atoms with Crippen LogP contribution >= 0.6 is 0 Å².